The van der Waals surface area contributed by atoms with Crippen molar-refractivity contribution < 1.29 is 0 Å². The van der Waals surface area contributed by atoms with E-state index in [1.807, 2.05) is 0 Å². The van der Waals surface area contributed by atoms with Gasteiger partial charge < -0.3 is 11.1 Å². The molecule has 0 heterocycles. The standard InChI is InChI=1S/C17H34N2/c1-15(2)14(16(15,3)4)11-19-13-17(12-18)9-7-5-6-8-10-17/h14,19H,5-13,18H2,1-4H3. The Hall–Kier alpha value is -0.0800. The molecule has 0 spiro atoms. The molecule has 2 heteroatoms. The van der Waals surface area contributed by atoms with Crippen molar-refractivity contribution in [2.45, 2.75) is 66.2 Å². The van der Waals surface area contributed by atoms with Crippen LogP contribution in [0.5, 0.6) is 0 Å². The molecule has 0 unspecified atom stereocenters. The summed E-state index contributed by atoms with van der Waals surface area (Å²) in [6, 6.07) is 0. The highest BCUT2D eigenvalue weighted by molar-refractivity contribution is 5.12. The molecule has 0 saturated heterocycles. The number of nitrogens with two attached hydrogens (primary N) is 1. The lowest BCUT2D eigenvalue weighted by Crippen LogP contribution is -2.41. The van der Waals surface area contributed by atoms with Crippen molar-refractivity contribution in [3.8, 4) is 0 Å². The zero-order chi connectivity index (χ0) is 14.1. The van der Waals surface area contributed by atoms with Crippen LogP contribution in [-0.2, 0) is 0 Å². The molecule has 0 radical (unpaired) electrons. The van der Waals surface area contributed by atoms with Crippen molar-refractivity contribution in [2.24, 2.45) is 27.9 Å². The van der Waals surface area contributed by atoms with E-state index in [9.17, 15) is 0 Å². The quantitative estimate of drug-likeness (QED) is 0.747. The topological polar surface area (TPSA) is 38.0 Å². The van der Waals surface area contributed by atoms with Crippen molar-refractivity contribution >= 4 is 0 Å². The summed E-state index contributed by atoms with van der Waals surface area (Å²) in [6.45, 7) is 12.8. The van der Waals surface area contributed by atoms with E-state index in [1.54, 1.807) is 0 Å². The third-order valence-electron chi connectivity index (χ3n) is 6.77. The molecule has 0 aromatic carbocycles. The van der Waals surface area contributed by atoms with Gasteiger partial charge in [-0.25, -0.2) is 0 Å². The minimum absolute atomic E-state index is 0.389. The Morgan fingerprint density at radius 1 is 0.947 bits per heavy atom. The Bertz CT molecular complexity index is 284. The molecule has 3 N–H and O–H groups in total. The van der Waals surface area contributed by atoms with E-state index >= 15 is 0 Å². The van der Waals surface area contributed by atoms with Crippen LogP contribution in [0.4, 0.5) is 0 Å². The maximum absolute atomic E-state index is 6.11. The second-order valence-electron chi connectivity index (χ2n) is 8.25. The van der Waals surface area contributed by atoms with Gasteiger partial charge in [-0.15, -0.1) is 0 Å². The Balaban J connectivity index is 1.81. The van der Waals surface area contributed by atoms with Gasteiger partial charge in [0, 0.05) is 6.54 Å². The van der Waals surface area contributed by atoms with E-state index in [0.29, 0.717) is 16.2 Å². The fourth-order valence-electron chi connectivity index (χ4n) is 4.26. The Morgan fingerprint density at radius 2 is 1.47 bits per heavy atom. The first-order valence-electron chi connectivity index (χ1n) is 8.27. The van der Waals surface area contributed by atoms with Crippen LogP contribution in [0.3, 0.4) is 0 Å². The largest absolute Gasteiger partial charge is 0.330 e. The molecule has 0 aromatic rings. The fourth-order valence-corrected chi connectivity index (χ4v) is 4.26. The molecular weight excluding hydrogens is 232 g/mol. The summed E-state index contributed by atoms with van der Waals surface area (Å²) in [5.41, 5.74) is 7.49. The van der Waals surface area contributed by atoms with E-state index in [-0.39, 0.29) is 0 Å². The van der Waals surface area contributed by atoms with Crippen molar-refractivity contribution in [2.75, 3.05) is 19.6 Å². The summed E-state index contributed by atoms with van der Waals surface area (Å²) in [4.78, 5) is 0. The number of rotatable bonds is 5. The van der Waals surface area contributed by atoms with E-state index in [2.05, 4.69) is 33.0 Å². The molecule has 0 atom stereocenters. The van der Waals surface area contributed by atoms with Crippen LogP contribution < -0.4 is 11.1 Å². The molecule has 2 saturated carbocycles. The summed E-state index contributed by atoms with van der Waals surface area (Å²) >= 11 is 0. The molecule has 0 aromatic heterocycles. The predicted octanol–water partition coefficient (Wildman–Crippen LogP) is 3.56. The number of nitrogens with one attached hydrogen (secondary N) is 1. The van der Waals surface area contributed by atoms with Crippen LogP contribution in [0.15, 0.2) is 0 Å². The van der Waals surface area contributed by atoms with Crippen LogP contribution in [0.2, 0.25) is 0 Å². The lowest BCUT2D eigenvalue weighted by molar-refractivity contribution is 0.239. The van der Waals surface area contributed by atoms with Gasteiger partial charge in [0.1, 0.15) is 0 Å². The van der Waals surface area contributed by atoms with Crippen LogP contribution in [0.25, 0.3) is 0 Å². The molecule has 2 nitrogen and oxygen atoms in total. The third-order valence-corrected chi connectivity index (χ3v) is 6.77. The monoisotopic (exact) mass is 266 g/mol. The van der Waals surface area contributed by atoms with Crippen LogP contribution >= 0.6 is 0 Å². The molecule has 2 aliphatic rings. The molecule has 0 amide bonds. The summed E-state index contributed by atoms with van der Waals surface area (Å²) in [5.74, 6) is 0.820. The highest BCUT2D eigenvalue weighted by atomic mass is 14.9. The zero-order valence-corrected chi connectivity index (χ0v) is 13.5. The Labute approximate surface area is 119 Å². The molecule has 2 aliphatic carbocycles. The van der Waals surface area contributed by atoms with Gasteiger partial charge in [-0.2, -0.15) is 0 Å². The van der Waals surface area contributed by atoms with Gasteiger partial charge in [0.05, 0.1) is 0 Å². The summed E-state index contributed by atoms with van der Waals surface area (Å²) < 4.78 is 0. The first-order valence-corrected chi connectivity index (χ1v) is 8.27. The van der Waals surface area contributed by atoms with Gasteiger partial charge in [-0.1, -0.05) is 53.4 Å². The van der Waals surface area contributed by atoms with Gasteiger partial charge >= 0.3 is 0 Å². The lowest BCUT2D eigenvalue weighted by atomic mass is 9.80. The average molecular weight is 266 g/mol. The normalized spacial score (nSPS) is 28.9. The highest BCUT2D eigenvalue weighted by Gasteiger charge is 2.63. The lowest BCUT2D eigenvalue weighted by Gasteiger charge is -2.32. The molecular formula is C17H34N2. The van der Waals surface area contributed by atoms with Crippen LogP contribution in [0.1, 0.15) is 66.2 Å². The summed E-state index contributed by atoms with van der Waals surface area (Å²) in [5, 5.41) is 3.77. The van der Waals surface area contributed by atoms with E-state index in [4.69, 9.17) is 5.73 Å². The first kappa shape index (κ1) is 15.3. The van der Waals surface area contributed by atoms with Crippen molar-refractivity contribution in [3.05, 3.63) is 0 Å². The maximum atomic E-state index is 6.11. The molecule has 19 heavy (non-hydrogen) atoms. The maximum Gasteiger partial charge on any atom is 0.00200 e. The van der Waals surface area contributed by atoms with Crippen molar-refractivity contribution in [1.82, 2.24) is 5.32 Å². The predicted molar refractivity (Wildman–Crippen MR) is 83.1 cm³/mol. The SMILES string of the molecule is CC1(C)C(CNCC2(CN)CCCCCC2)C1(C)C. The highest BCUT2D eigenvalue weighted by Crippen LogP contribution is 2.67. The van der Waals surface area contributed by atoms with Gasteiger partial charge in [-0.3, -0.25) is 0 Å². The van der Waals surface area contributed by atoms with Gasteiger partial charge in [0.15, 0.2) is 0 Å². The van der Waals surface area contributed by atoms with Crippen LogP contribution in [0, 0.1) is 22.2 Å². The third kappa shape index (κ3) is 2.85. The second-order valence-corrected chi connectivity index (χ2v) is 8.25. The summed E-state index contributed by atoms with van der Waals surface area (Å²) in [6.07, 6.45) is 8.22. The fraction of sp³-hybridized carbons (Fsp3) is 1.00. The van der Waals surface area contributed by atoms with E-state index < -0.39 is 0 Å². The first-order chi connectivity index (χ1) is 8.86. The van der Waals surface area contributed by atoms with Crippen molar-refractivity contribution in [1.29, 1.82) is 0 Å². The molecule has 2 fully saturated rings. The second kappa shape index (κ2) is 5.37. The molecule has 112 valence electrons. The van der Waals surface area contributed by atoms with E-state index in [1.165, 1.54) is 45.1 Å². The Kier molecular flexibility index (Phi) is 4.32. The number of hydrogen-bond donors (Lipinski definition) is 2. The van der Waals surface area contributed by atoms with Gasteiger partial charge in [0.25, 0.3) is 0 Å². The van der Waals surface area contributed by atoms with Gasteiger partial charge in [0.2, 0.25) is 0 Å². The smallest absolute Gasteiger partial charge is 0.00200 e. The van der Waals surface area contributed by atoms with Gasteiger partial charge in [-0.05, 0) is 48.1 Å². The number of hydrogen-bond acceptors (Lipinski definition) is 2. The average Bonchev–Trinajstić information content (AvgIpc) is 2.88. The van der Waals surface area contributed by atoms with Crippen LogP contribution in [-0.4, -0.2) is 19.6 Å². The molecule has 2 rings (SSSR count). The minimum atomic E-state index is 0.389. The van der Waals surface area contributed by atoms with Crippen molar-refractivity contribution in [3.63, 3.8) is 0 Å². The molecule has 0 bridgehead atoms. The molecule has 0 aliphatic heterocycles. The minimum Gasteiger partial charge on any atom is -0.330 e. The zero-order valence-electron chi connectivity index (χ0n) is 13.5. The van der Waals surface area contributed by atoms with E-state index in [0.717, 1.165) is 19.0 Å². The summed E-state index contributed by atoms with van der Waals surface area (Å²) in [7, 11) is 0. The Morgan fingerprint density at radius 3 is 1.89 bits per heavy atom.